The van der Waals surface area contributed by atoms with Gasteiger partial charge in [-0.15, -0.1) is 11.3 Å². The molecule has 0 saturated heterocycles. The van der Waals surface area contributed by atoms with Gasteiger partial charge in [0.1, 0.15) is 0 Å². The minimum absolute atomic E-state index is 0.0499. The SMILES string of the molecule is COC(=O)CCCC#Cc1cc(C(F)(F)F)ccc1NS(=O)(=O)c1ccc2ncsc2c1. The van der Waals surface area contributed by atoms with Crippen molar-refractivity contribution < 1.29 is 31.1 Å². The lowest BCUT2D eigenvalue weighted by Crippen LogP contribution is -2.14. The van der Waals surface area contributed by atoms with Crippen molar-refractivity contribution in [3.05, 3.63) is 53.0 Å². The van der Waals surface area contributed by atoms with Crippen molar-refractivity contribution in [2.75, 3.05) is 11.8 Å². The van der Waals surface area contributed by atoms with Gasteiger partial charge in [-0.25, -0.2) is 13.4 Å². The van der Waals surface area contributed by atoms with Crippen molar-refractivity contribution in [1.29, 1.82) is 0 Å². The van der Waals surface area contributed by atoms with Crippen LogP contribution in [0.2, 0.25) is 0 Å². The summed E-state index contributed by atoms with van der Waals surface area (Å²) in [5.74, 6) is 4.84. The molecule has 3 rings (SSSR count). The zero-order chi connectivity index (χ0) is 23.4. The van der Waals surface area contributed by atoms with Crippen LogP contribution in [-0.4, -0.2) is 26.5 Å². The number of aromatic nitrogens is 1. The molecule has 0 saturated carbocycles. The average Bonchev–Trinajstić information content (AvgIpc) is 3.21. The number of fused-ring (bicyclic) bond motifs is 1. The van der Waals surface area contributed by atoms with Crippen LogP contribution in [-0.2, 0) is 25.7 Å². The van der Waals surface area contributed by atoms with Crippen LogP contribution in [0.5, 0.6) is 0 Å². The Kier molecular flexibility index (Phi) is 7.06. The summed E-state index contributed by atoms with van der Waals surface area (Å²) in [7, 11) is -2.83. The van der Waals surface area contributed by atoms with Crippen molar-refractivity contribution in [2.24, 2.45) is 0 Å². The van der Waals surface area contributed by atoms with Crippen LogP contribution in [0.4, 0.5) is 18.9 Å². The maximum Gasteiger partial charge on any atom is 0.416 e. The molecule has 32 heavy (non-hydrogen) atoms. The van der Waals surface area contributed by atoms with Crippen molar-refractivity contribution in [2.45, 2.75) is 30.3 Å². The number of rotatable bonds is 6. The predicted octanol–water partition coefficient (Wildman–Crippen LogP) is 4.81. The van der Waals surface area contributed by atoms with Crippen molar-refractivity contribution in [3.8, 4) is 11.8 Å². The second-order valence-corrected chi connectivity index (χ2v) is 9.15. The Hall–Kier alpha value is -3.10. The Morgan fingerprint density at radius 1 is 1.22 bits per heavy atom. The molecule has 1 aromatic heterocycles. The number of nitrogens with one attached hydrogen (secondary N) is 1. The van der Waals surface area contributed by atoms with Crippen LogP contribution < -0.4 is 4.72 Å². The average molecular weight is 483 g/mol. The molecule has 0 aliphatic heterocycles. The molecule has 1 heterocycles. The van der Waals surface area contributed by atoms with Crippen LogP contribution in [0.25, 0.3) is 10.2 Å². The van der Waals surface area contributed by atoms with Gasteiger partial charge in [0, 0.05) is 18.4 Å². The van der Waals surface area contributed by atoms with E-state index in [0.29, 0.717) is 16.6 Å². The predicted molar refractivity (Wildman–Crippen MR) is 115 cm³/mol. The van der Waals surface area contributed by atoms with Crippen molar-refractivity contribution in [1.82, 2.24) is 4.98 Å². The van der Waals surface area contributed by atoms with Gasteiger partial charge >= 0.3 is 12.1 Å². The molecule has 0 amide bonds. The quantitative estimate of drug-likeness (QED) is 0.310. The number of nitrogens with zero attached hydrogens (tertiary/aromatic N) is 1. The zero-order valence-electron chi connectivity index (χ0n) is 16.7. The van der Waals surface area contributed by atoms with E-state index in [9.17, 15) is 26.4 Å². The van der Waals surface area contributed by atoms with E-state index >= 15 is 0 Å². The molecule has 168 valence electrons. The second kappa shape index (κ2) is 9.58. The fourth-order valence-corrected chi connectivity index (χ4v) is 4.60. The number of anilines is 1. The lowest BCUT2D eigenvalue weighted by molar-refractivity contribution is -0.140. The lowest BCUT2D eigenvalue weighted by atomic mass is 10.1. The Morgan fingerprint density at radius 2 is 2.00 bits per heavy atom. The molecule has 2 aromatic carbocycles. The summed E-state index contributed by atoms with van der Waals surface area (Å²) >= 11 is 1.27. The minimum atomic E-state index is -4.62. The van der Waals surface area contributed by atoms with Gasteiger partial charge in [0.2, 0.25) is 0 Å². The van der Waals surface area contributed by atoms with E-state index in [1.807, 2.05) is 0 Å². The van der Waals surface area contributed by atoms with Crippen LogP contribution in [0, 0.1) is 11.8 Å². The molecule has 6 nitrogen and oxygen atoms in total. The van der Waals surface area contributed by atoms with Gasteiger partial charge in [0.25, 0.3) is 10.0 Å². The van der Waals surface area contributed by atoms with Crippen LogP contribution in [0.15, 0.2) is 46.8 Å². The summed E-state index contributed by atoms with van der Waals surface area (Å²) in [6.45, 7) is 0. The Bertz CT molecular complexity index is 1310. The van der Waals surface area contributed by atoms with Gasteiger partial charge in [-0.3, -0.25) is 9.52 Å². The van der Waals surface area contributed by atoms with E-state index in [2.05, 4.69) is 26.3 Å². The first-order valence-electron chi connectivity index (χ1n) is 9.23. The molecule has 11 heteroatoms. The highest BCUT2D eigenvalue weighted by atomic mass is 32.2. The molecule has 0 aliphatic carbocycles. The first-order chi connectivity index (χ1) is 15.1. The minimum Gasteiger partial charge on any atom is -0.469 e. The molecule has 0 fully saturated rings. The molecule has 1 N–H and O–H groups in total. The number of hydrogen-bond acceptors (Lipinski definition) is 6. The number of hydrogen-bond donors (Lipinski definition) is 1. The molecule has 0 unspecified atom stereocenters. The van der Waals surface area contributed by atoms with Gasteiger partial charge in [0.05, 0.1) is 39.0 Å². The summed E-state index contributed by atoms with van der Waals surface area (Å²) in [6.07, 6.45) is -3.92. The number of methoxy groups -OCH3 is 1. The first-order valence-corrected chi connectivity index (χ1v) is 11.6. The summed E-state index contributed by atoms with van der Waals surface area (Å²) in [5.41, 5.74) is 1.06. The largest absolute Gasteiger partial charge is 0.469 e. The highest BCUT2D eigenvalue weighted by Gasteiger charge is 2.31. The van der Waals surface area contributed by atoms with E-state index in [1.165, 1.54) is 30.6 Å². The Labute approximate surface area is 186 Å². The van der Waals surface area contributed by atoms with Crippen LogP contribution >= 0.6 is 11.3 Å². The molecule has 3 aromatic rings. The number of alkyl halides is 3. The number of esters is 1. The maximum absolute atomic E-state index is 13.1. The third kappa shape index (κ3) is 5.77. The molecule has 0 atom stereocenters. The zero-order valence-corrected chi connectivity index (χ0v) is 18.3. The normalized spacial score (nSPS) is 11.6. The smallest absolute Gasteiger partial charge is 0.416 e. The van der Waals surface area contributed by atoms with Crippen molar-refractivity contribution >= 4 is 43.2 Å². The Morgan fingerprint density at radius 3 is 2.72 bits per heavy atom. The third-order valence-electron chi connectivity index (χ3n) is 4.34. The molecule has 0 spiro atoms. The molecule has 0 aliphatic rings. The third-order valence-corrected chi connectivity index (χ3v) is 6.49. The molecular formula is C21H17F3N2O4S2. The molecule has 0 bridgehead atoms. The summed E-state index contributed by atoms with van der Waals surface area (Å²) in [6, 6.07) is 6.97. The number of halogens is 3. The number of carbonyl (C=O) groups excluding carboxylic acids is 1. The van der Waals surface area contributed by atoms with Gasteiger partial charge in [-0.05, 0) is 42.8 Å². The maximum atomic E-state index is 13.1. The molecular weight excluding hydrogens is 465 g/mol. The van der Waals surface area contributed by atoms with Gasteiger partial charge in [0.15, 0.2) is 0 Å². The van der Waals surface area contributed by atoms with Gasteiger partial charge in [-0.1, -0.05) is 11.8 Å². The van der Waals surface area contributed by atoms with Crippen LogP contribution in [0.1, 0.15) is 30.4 Å². The van der Waals surface area contributed by atoms with E-state index in [1.54, 1.807) is 11.6 Å². The number of thiazole rings is 1. The Balaban J connectivity index is 1.89. The van der Waals surface area contributed by atoms with E-state index in [-0.39, 0.29) is 29.0 Å². The summed E-state index contributed by atoms with van der Waals surface area (Å²) < 4.78 is 72.6. The summed E-state index contributed by atoms with van der Waals surface area (Å²) in [5, 5.41) is 0. The topological polar surface area (TPSA) is 85.4 Å². The fourth-order valence-electron chi connectivity index (χ4n) is 2.70. The number of sulfonamides is 1. The number of unbranched alkanes of at least 4 members (excludes halogenated alkanes) is 1. The number of ether oxygens (including phenoxy) is 1. The van der Waals surface area contributed by atoms with Crippen LogP contribution in [0.3, 0.4) is 0 Å². The highest BCUT2D eigenvalue weighted by Crippen LogP contribution is 2.32. The highest BCUT2D eigenvalue weighted by molar-refractivity contribution is 7.92. The summed E-state index contributed by atoms with van der Waals surface area (Å²) in [4.78, 5) is 15.2. The lowest BCUT2D eigenvalue weighted by Gasteiger charge is -2.13. The number of carbonyl (C=O) groups is 1. The fraction of sp³-hybridized carbons (Fsp3) is 0.238. The van der Waals surface area contributed by atoms with Crippen molar-refractivity contribution in [3.63, 3.8) is 0 Å². The van der Waals surface area contributed by atoms with E-state index in [0.717, 1.165) is 18.2 Å². The van der Waals surface area contributed by atoms with Gasteiger partial charge < -0.3 is 4.74 Å². The standard InChI is InChI=1S/C21H17F3N2O4S2/c1-30-20(27)6-4-2-3-5-14-11-15(21(22,23)24)7-9-17(14)26-32(28,29)16-8-10-18-19(12-16)31-13-25-18/h7-13,26H,2,4,6H2,1H3. The monoisotopic (exact) mass is 482 g/mol. The van der Waals surface area contributed by atoms with E-state index < -0.39 is 27.7 Å². The van der Waals surface area contributed by atoms with E-state index in [4.69, 9.17) is 0 Å². The first kappa shape index (κ1) is 23.6. The van der Waals surface area contributed by atoms with Gasteiger partial charge in [-0.2, -0.15) is 13.2 Å². The second-order valence-electron chi connectivity index (χ2n) is 6.58. The molecule has 0 radical (unpaired) electrons. The number of benzene rings is 2.